The third kappa shape index (κ3) is 2.97. The molecule has 0 aliphatic rings. The van der Waals surface area contributed by atoms with Crippen LogP contribution in [0.3, 0.4) is 0 Å². The molecule has 0 fully saturated rings. The van der Waals surface area contributed by atoms with Gasteiger partial charge in [-0.1, -0.05) is 48.9 Å². The number of hydrogen-bond donors (Lipinski definition) is 2. The highest BCUT2D eigenvalue weighted by Crippen LogP contribution is 2.32. The van der Waals surface area contributed by atoms with Gasteiger partial charge in [0.1, 0.15) is 12.2 Å². The van der Waals surface area contributed by atoms with Gasteiger partial charge in [0.15, 0.2) is 0 Å². The van der Waals surface area contributed by atoms with E-state index < -0.39 is 12.2 Å². The van der Waals surface area contributed by atoms with Crippen molar-refractivity contribution in [2.24, 2.45) is 0 Å². The van der Waals surface area contributed by atoms with Crippen LogP contribution in [0, 0.1) is 0 Å². The Labute approximate surface area is 117 Å². The van der Waals surface area contributed by atoms with E-state index in [0.717, 1.165) is 6.42 Å². The Morgan fingerprint density at radius 1 is 1.21 bits per heavy atom. The van der Waals surface area contributed by atoms with Crippen LogP contribution in [0.5, 0.6) is 0 Å². The highest BCUT2D eigenvalue weighted by Gasteiger charge is 2.26. The predicted octanol–water partition coefficient (Wildman–Crippen LogP) is 2.71. The molecule has 0 aliphatic heterocycles. The first-order valence-electron chi connectivity index (χ1n) is 6.27. The molecule has 1 aromatic carbocycles. The number of aliphatic hydroxyl groups excluding tert-OH is 2. The van der Waals surface area contributed by atoms with Crippen molar-refractivity contribution in [1.29, 1.82) is 0 Å². The van der Waals surface area contributed by atoms with E-state index in [1.54, 1.807) is 16.8 Å². The number of aryl methyl sites for hydroxylation is 1. The van der Waals surface area contributed by atoms with Crippen LogP contribution in [-0.2, 0) is 6.54 Å². The van der Waals surface area contributed by atoms with Crippen LogP contribution in [0.4, 0.5) is 0 Å². The summed E-state index contributed by atoms with van der Waals surface area (Å²) in [5.74, 6) is 0. The van der Waals surface area contributed by atoms with Crippen LogP contribution in [0.25, 0.3) is 0 Å². The third-order valence-corrected chi connectivity index (χ3v) is 3.28. The van der Waals surface area contributed by atoms with Crippen molar-refractivity contribution < 1.29 is 10.2 Å². The second-order valence-corrected chi connectivity index (χ2v) is 4.81. The van der Waals surface area contributed by atoms with E-state index in [-0.39, 0.29) is 0 Å². The highest BCUT2D eigenvalue weighted by atomic mass is 35.5. The van der Waals surface area contributed by atoms with Crippen molar-refractivity contribution in [3.8, 4) is 0 Å². The fourth-order valence-corrected chi connectivity index (χ4v) is 2.29. The molecule has 2 aromatic rings. The summed E-state index contributed by atoms with van der Waals surface area (Å²) in [7, 11) is 0. The van der Waals surface area contributed by atoms with Gasteiger partial charge in [0.2, 0.25) is 0 Å². The van der Waals surface area contributed by atoms with Gasteiger partial charge in [-0.25, -0.2) is 0 Å². The molecule has 2 atom stereocenters. The van der Waals surface area contributed by atoms with Gasteiger partial charge in [0.25, 0.3) is 0 Å². The van der Waals surface area contributed by atoms with E-state index in [1.165, 1.54) is 6.20 Å². The van der Waals surface area contributed by atoms with Crippen LogP contribution in [0.1, 0.15) is 36.8 Å². The van der Waals surface area contributed by atoms with Gasteiger partial charge in [0, 0.05) is 6.54 Å². The van der Waals surface area contributed by atoms with Crippen LogP contribution in [0.15, 0.2) is 36.5 Å². The summed E-state index contributed by atoms with van der Waals surface area (Å²) in [6.07, 6.45) is 0.252. The fourth-order valence-electron chi connectivity index (χ4n) is 2.04. The van der Waals surface area contributed by atoms with Crippen LogP contribution >= 0.6 is 11.6 Å². The Balaban J connectivity index is 2.28. The molecule has 1 aromatic heterocycles. The zero-order valence-electron chi connectivity index (χ0n) is 10.7. The Morgan fingerprint density at radius 3 is 2.53 bits per heavy atom. The molecule has 5 heteroatoms. The van der Waals surface area contributed by atoms with E-state index in [4.69, 9.17) is 11.6 Å². The summed E-state index contributed by atoms with van der Waals surface area (Å²) in [5.41, 5.74) is 1.11. The molecule has 0 saturated carbocycles. The van der Waals surface area contributed by atoms with Gasteiger partial charge in [-0.2, -0.15) is 5.10 Å². The van der Waals surface area contributed by atoms with Crippen LogP contribution in [-0.4, -0.2) is 20.0 Å². The first-order valence-corrected chi connectivity index (χ1v) is 6.65. The maximum Gasteiger partial charge on any atom is 0.127 e. The van der Waals surface area contributed by atoms with E-state index >= 15 is 0 Å². The molecule has 4 nitrogen and oxygen atoms in total. The molecule has 19 heavy (non-hydrogen) atoms. The van der Waals surface area contributed by atoms with E-state index in [2.05, 4.69) is 5.10 Å². The number of hydrogen-bond acceptors (Lipinski definition) is 3. The molecular formula is C14H17ClN2O2. The summed E-state index contributed by atoms with van der Waals surface area (Å²) in [6, 6.07) is 9.02. The maximum absolute atomic E-state index is 10.3. The minimum atomic E-state index is -1.09. The second kappa shape index (κ2) is 6.19. The Bertz CT molecular complexity index is 527. The zero-order valence-corrected chi connectivity index (χ0v) is 11.5. The van der Waals surface area contributed by atoms with Gasteiger partial charge in [-0.05, 0) is 12.0 Å². The number of nitrogens with zero attached hydrogens (tertiary/aromatic N) is 2. The zero-order chi connectivity index (χ0) is 13.8. The van der Waals surface area contributed by atoms with Gasteiger partial charge in [-0.15, -0.1) is 0 Å². The lowest BCUT2D eigenvalue weighted by Crippen LogP contribution is -2.16. The monoisotopic (exact) mass is 280 g/mol. The Morgan fingerprint density at radius 2 is 1.89 bits per heavy atom. The molecule has 102 valence electrons. The third-order valence-electron chi connectivity index (χ3n) is 2.99. The van der Waals surface area contributed by atoms with E-state index in [9.17, 15) is 10.2 Å². The van der Waals surface area contributed by atoms with Crippen LogP contribution < -0.4 is 0 Å². The molecule has 0 saturated heterocycles. The van der Waals surface area contributed by atoms with Gasteiger partial charge in [0.05, 0.1) is 16.9 Å². The fraction of sp³-hybridized carbons (Fsp3) is 0.357. The normalized spacial score (nSPS) is 14.3. The van der Waals surface area contributed by atoms with Crippen molar-refractivity contribution >= 4 is 11.6 Å². The smallest absolute Gasteiger partial charge is 0.127 e. The molecule has 1 heterocycles. The number of benzene rings is 1. The molecule has 0 spiro atoms. The predicted molar refractivity (Wildman–Crippen MR) is 73.9 cm³/mol. The number of aliphatic hydroxyl groups is 2. The molecule has 2 unspecified atom stereocenters. The first kappa shape index (κ1) is 14.1. The summed E-state index contributed by atoms with van der Waals surface area (Å²) in [5, 5.41) is 25.0. The minimum Gasteiger partial charge on any atom is -0.385 e. The Hall–Kier alpha value is -1.36. The lowest BCUT2D eigenvalue weighted by atomic mass is 10.0. The van der Waals surface area contributed by atoms with Gasteiger partial charge >= 0.3 is 0 Å². The highest BCUT2D eigenvalue weighted by molar-refractivity contribution is 6.31. The number of aromatic nitrogens is 2. The lowest BCUT2D eigenvalue weighted by Gasteiger charge is -2.19. The molecule has 0 radical (unpaired) electrons. The largest absolute Gasteiger partial charge is 0.385 e. The van der Waals surface area contributed by atoms with E-state index in [0.29, 0.717) is 22.8 Å². The lowest BCUT2D eigenvalue weighted by molar-refractivity contribution is 0.0118. The standard InChI is InChI=1S/C14H17ClN2O2/c1-2-8-17-12(11(15)9-16-17)14(19)13(18)10-6-4-3-5-7-10/h3-7,9,13-14,18-19H,2,8H2,1H3. The summed E-state index contributed by atoms with van der Waals surface area (Å²) >= 11 is 6.05. The average Bonchev–Trinajstić information content (AvgIpc) is 2.80. The maximum atomic E-state index is 10.3. The van der Waals surface area contributed by atoms with E-state index in [1.807, 2.05) is 25.1 Å². The minimum absolute atomic E-state index is 0.371. The van der Waals surface area contributed by atoms with Crippen molar-refractivity contribution in [3.63, 3.8) is 0 Å². The number of rotatable bonds is 5. The van der Waals surface area contributed by atoms with Crippen molar-refractivity contribution in [2.75, 3.05) is 0 Å². The van der Waals surface area contributed by atoms with Gasteiger partial charge < -0.3 is 10.2 Å². The topological polar surface area (TPSA) is 58.3 Å². The van der Waals surface area contributed by atoms with Crippen LogP contribution in [0.2, 0.25) is 5.02 Å². The molecule has 2 N–H and O–H groups in total. The molecule has 0 bridgehead atoms. The average molecular weight is 281 g/mol. The second-order valence-electron chi connectivity index (χ2n) is 4.40. The first-order chi connectivity index (χ1) is 9.15. The van der Waals surface area contributed by atoms with Crippen molar-refractivity contribution in [3.05, 3.63) is 52.8 Å². The molecule has 0 aliphatic carbocycles. The van der Waals surface area contributed by atoms with Crippen molar-refractivity contribution in [2.45, 2.75) is 32.1 Å². The summed E-state index contributed by atoms with van der Waals surface area (Å²) in [4.78, 5) is 0. The SMILES string of the molecule is CCCn1ncc(Cl)c1C(O)C(O)c1ccccc1. The van der Waals surface area contributed by atoms with Crippen molar-refractivity contribution in [1.82, 2.24) is 9.78 Å². The molecular weight excluding hydrogens is 264 g/mol. The Kier molecular flexibility index (Phi) is 4.58. The number of halogens is 1. The summed E-state index contributed by atoms with van der Waals surface area (Å²) < 4.78 is 1.64. The summed E-state index contributed by atoms with van der Waals surface area (Å²) in [6.45, 7) is 2.67. The molecule has 2 rings (SSSR count). The van der Waals surface area contributed by atoms with Gasteiger partial charge in [-0.3, -0.25) is 4.68 Å². The quantitative estimate of drug-likeness (QED) is 0.885. The molecule has 0 amide bonds.